The van der Waals surface area contributed by atoms with Gasteiger partial charge in [0.2, 0.25) is 11.9 Å². The number of primary amides is 1. The van der Waals surface area contributed by atoms with Crippen molar-refractivity contribution in [1.29, 1.82) is 0 Å². The maximum atomic E-state index is 13.4. The van der Waals surface area contributed by atoms with Crippen LogP contribution in [0.1, 0.15) is 43.8 Å². The van der Waals surface area contributed by atoms with Crippen LogP contribution in [0.5, 0.6) is 11.5 Å². The molecule has 0 radical (unpaired) electrons. The first-order valence-corrected chi connectivity index (χ1v) is 18.5. The molecule has 17 heteroatoms. The predicted octanol–water partition coefficient (Wildman–Crippen LogP) is 4.87. The number of methoxy groups -OCH3 is 1. The molecule has 0 bridgehead atoms. The highest BCUT2D eigenvalue weighted by atomic mass is 16.5. The number of hydrogen-bond donors (Lipinski definition) is 4. The summed E-state index contributed by atoms with van der Waals surface area (Å²) in [5.74, 6) is 0.414. The number of nitrogens with one attached hydrogen (secondary N) is 2. The molecule has 0 saturated heterocycles. The molecule has 0 unspecified atom stereocenters. The molecular formula is C41H46N12O5. The molecule has 58 heavy (non-hydrogen) atoms. The molecule has 2 amide bonds. The monoisotopic (exact) mass is 786 g/mol. The number of rotatable bonds is 19. The number of nitrogens with two attached hydrogens (primary N) is 2. The third kappa shape index (κ3) is 8.67. The van der Waals surface area contributed by atoms with Gasteiger partial charge < -0.3 is 41.0 Å². The highest BCUT2D eigenvalue weighted by Gasteiger charge is 2.21. The molecule has 0 saturated carbocycles. The van der Waals surface area contributed by atoms with Crippen molar-refractivity contribution in [3.63, 3.8) is 0 Å². The zero-order valence-electron chi connectivity index (χ0n) is 32.8. The van der Waals surface area contributed by atoms with Crippen LogP contribution < -0.4 is 36.5 Å². The maximum absolute atomic E-state index is 13.4. The zero-order chi connectivity index (χ0) is 41.3. The first-order valence-electron chi connectivity index (χ1n) is 18.5. The Morgan fingerprint density at radius 2 is 1.84 bits per heavy atom. The van der Waals surface area contributed by atoms with E-state index in [0.29, 0.717) is 82.7 Å². The molecule has 0 aliphatic heterocycles. The lowest BCUT2D eigenvalue weighted by molar-refractivity contribution is 0.0941. The van der Waals surface area contributed by atoms with E-state index in [1.54, 1.807) is 48.3 Å². The average molecular weight is 787 g/mol. The second kappa shape index (κ2) is 18.0. The molecule has 6 rings (SSSR count). The normalized spacial score (nSPS) is 11.4. The number of allylic oxidation sites excluding steroid dienone is 2. The number of fused-ring (bicyclic) bond motifs is 2. The Kier molecular flexibility index (Phi) is 12.5. The molecule has 6 N–H and O–H groups in total. The average Bonchev–Trinajstić information content (AvgIpc) is 3.93. The van der Waals surface area contributed by atoms with Crippen LogP contribution >= 0.6 is 0 Å². The molecule has 0 spiro atoms. The van der Waals surface area contributed by atoms with E-state index in [4.69, 9.17) is 25.9 Å². The molecule has 3 heterocycles. The first-order chi connectivity index (χ1) is 28.1. The number of ether oxygens (including phenoxy) is 2. The van der Waals surface area contributed by atoms with Crippen molar-refractivity contribution in [3.8, 4) is 11.5 Å². The van der Waals surface area contributed by atoms with Crippen molar-refractivity contribution in [2.45, 2.75) is 33.5 Å². The molecule has 17 nitrogen and oxygen atoms in total. The van der Waals surface area contributed by atoms with Gasteiger partial charge in [-0.3, -0.25) is 28.7 Å². The van der Waals surface area contributed by atoms with E-state index < -0.39 is 5.91 Å². The number of imidazole rings is 1. The number of nitrogens with zero attached hydrogens (tertiary/aromatic N) is 8. The molecule has 3 aromatic carbocycles. The minimum atomic E-state index is -0.611. The molecule has 0 aliphatic carbocycles. The first kappa shape index (κ1) is 40.2. The van der Waals surface area contributed by atoms with Gasteiger partial charge in [0.1, 0.15) is 41.3 Å². The van der Waals surface area contributed by atoms with E-state index in [2.05, 4.69) is 32.5 Å². The van der Waals surface area contributed by atoms with E-state index in [0.717, 1.165) is 16.6 Å². The van der Waals surface area contributed by atoms with Crippen LogP contribution in [0, 0.1) is 6.92 Å². The van der Waals surface area contributed by atoms with Crippen molar-refractivity contribution in [2.24, 2.45) is 10.7 Å². The quantitative estimate of drug-likeness (QED) is 0.0286. The van der Waals surface area contributed by atoms with Crippen LogP contribution in [0.15, 0.2) is 84.0 Å². The topological polar surface area (TPSA) is 215 Å². The summed E-state index contributed by atoms with van der Waals surface area (Å²) in [5.41, 5.74) is 17.1. The molecule has 0 atom stereocenters. The van der Waals surface area contributed by atoms with E-state index in [1.807, 2.05) is 70.5 Å². The van der Waals surface area contributed by atoms with Gasteiger partial charge in [-0.2, -0.15) is 10.2 Å². The molecular weight excluding hydrogens is 741 g/mol. The molecule has 0 aliphatic rings. The van der Waals surface area contributed by atoms with Crippen LogP contribution in [0.3, 0.4) is 0 Å². The van der Waals surface area contributed by atoms with E-state index in [9.17, 15) is 14.4 Å². The van der Waals surface area contributed by atoms with Gasteiger partial charge in [0.05, 0.1) is 48.9 Å². The molecule has 300 valence electrons. The summed E-state index contributed by atoms with van der Waals surface area (Å²) >= 11 is 0. The number of aromatic nitrogens is 6. The Bertz CT molecular complexity index is 2550. The van der Waals surface area contributed by atoms with Crippen molar-refractivity contribution < 1.29 is 23.9 Å². The Balaban J connectivity index is 1.25. The largest absolute Gasteiger partial charge is 0.494 e. The maximum Gasteiger partial charge on any atom is 0.270 e. The standard InChI is InChI=1S/C41H46N12O5/c1-6-52-34(17-26(2)49-52)40(56)46-25-50(37-31(44-3)18-27(24-54)19-35(37)57-5)13-7-8-14-51-38-32(48-41(51)45-4)21-28(39(43)55)22-36(38)58-16-10-9-15-53-33-12-11-30(42)20-29(33)23-47-53/h7-12,17-24H,3,6,13-16,25,42H2,1-2,4-5H3,(H2,43,55)(H,45,48)(H,46,56)/b8-7+,10-9+. The van der Waals surface area contributed by atoms with Crippen LogP contribution in [0.2, 0.25) is 0 Å². The van der Waals surface area contributed by atoms with Gasteiger partial charge >= 0.3 is 0 Å². The van der Waals surface area contributed by atoms with Crippen molar-refractivity contribution in [3.05, 3.63) is 102 Å². The second-order valence-corrected chi connectivity index (χ2v) is 13.1. The molecule has 0 fully saturated rings. The van der Waals surface area contributed by atoms with Crippen LogP contribution in [0.25, 0.3) is 21.9 Å². The summed E-state index contributed by atoms with van der Waals surface area (Å²) in [6.45, 7) is 9.38. The summed E-state index contributed by atoms with van der Waals surface area (Å²) < 4.78 is 17.4. The SMILES string of the molecule is C=Nc1cc(C=O)cc(OC)c1N(C/C=C/Cn1c(NC)nc2cc(C(N)=O)cc(OC/C=C/Cn3ncc4cc(N)ccc43)c21)CNC(=O)c1cc(C)nn1CC. The lowest BCUT2D eigenvalue weighted by Gasteiger charge is -2.27. The number of amides is 2. The summed E-state index contributed by atoms with van der Waals surface area (Å²) in [4.78, 5) is 48.2. The van der Waals surface area contributed by atoms with Gasteiger partial charge in [0, 0.05) is 48.9 Å². The van der Waals surface area contributed by atoms with Gasteiger partial charge in [-0.1, -0.05) is 18.2 Å². The summed E-state index contributed by atoms with van der Waals surface area (Å²) in [5, 5.41) is 15.9. The van der Waals surface area contributed by atoms with Crippen molar-refractivity contribution in [1.82, 2.24) is 34.4 Å². The summed E-state index contributed by atoms with van der Waals surface area (Å²) in [6.07, 6.45) is 10.2. The highest BCUT2D eigenvalue weighted by Crippen LogP contribution is 2.39. The number of nitrogen functional groups attached to an aromatic ring is 1. The lowest BCUT2D eigenvalue weighted by Crippen LogP contribution is -2.39. The van der Waals surface area contributed by atoms with Crippen molar-refractivity contribution in [2.75, 3.05) is 49.9 Å². The molecule has 3 aromatic heterocycles. The Hall–Kier alpha value is -7.43. The zero-order valence-corrected chi connectivity index (χ0v) is 32.8. The summed E-state index contributed by atoms with van der Waals surface area (Å²) in [7, 11) is 3.25. The fourth-order valence-corrected chi connectivity index (χ4v) is 6.60. The fourth-order valence-electron chi connectivity index (χ4n) is 6.60. The van der Waals surface area contributed by atoms with Gasteiger partial charge in [0.15, 0.2) is 0 Å². The predicted molar refractivity (Wildman–Crippen MR) is 226 cm³/mol. The van der Waals surface area contributed by atoms with Crippen LogP contribution in [0.4, 0.5) is 23.0 Å². The second-order valence-electron chi connectivity index (χ2n) is 13.1. The van der Waals surface area contributed by atoms with E-state index >= 15 is 0 Å². The van der Waals surface area contributed by atoms with Gasteiger partial charge in [-0.15, -0.1) is 0 Å². The minimum absolute atomic E-state index is 0.0544. The van der Waals surface area contributed by atoms with Gasteiger partial charge in [-0.25, -0.2) is 4.98 Å². The number of carbonyl (C=O) groups is 3. The fraction of sp³-hybridized carbons (Fsp3) is 0.244. The minimum Gasteiger partial charge on any atom is -0.494 e. The van der Waals surface area contributed by atoms with E-state index in [1.165, 1.54) is 7.11 Å². The number of carbonyl (C=O) groups excluding carboxylic acids is 3. The Morgan fingerprint density at radius 3 is 2.57 bits per heavy atom. The Labute approximate surface area is 334 Å². The van der Waals surface area contributed by atoms with Gasteiger partial charge in [-0.05, 0) is 75.2 Å². The number of hydrogen-bond acceptors (Lipinski definition) is 12. The number of anilines is 3. The number of aryl methyl sites for hydroxylation is 2. The highest BCUT2D eigenvalue weighted by molar-refractivity contribution is 5.99. The Morgan fingerprint density at radius 1 is 1.03 bits per heavy atom. The smallest absolute Gasteiger partial charge is 0.270 e. The lowest BCUT2D eigenvalue weighted by atomic mass is 10.1. The third-order valence-electron chi connectivity index (χ3n) is 9.33. The van der Waals surface area contributed by atoms with Crippen LogP contribution in [-0.4, -0.2) is 87.9 Å². The van der Waals surface area contributed by atoms with E-state index in [-0.39, 0.29) is 31.3 Å². The van der Waals surface area contributed by atoms with Gasteiger partial charge in [0.25, 0.3) is 5.91 Å². The summed E-state index contributed by atoms with van der Waals surface area (Å²) in [6, 6.07) is 13.8. The third-order valence-corrected chi connectivity index (χ3v) is 9.33. The number of benzene rings is 3. The van der Waals surface area contributed by atoms with Crippen LogP contribution in [-0.2, 0) is 19.6 Å². The number of aldehydes is 1. The number of aliphatic imine (C=N–C) groups is 1. The van der Waals surface area contributed by atoms with Crippen molar-refractivity contribution >= 4 is 69.8 Å². The molecule has 6 aromatic rings.